The smallest absolute Gasteiger partial charge is 0.289 e. The number of nitrogens with zero attached hydrogens (tertiary/aromatic N) is 2. The summed E-state index contributed by atoms with van der Waals surface area (Å²) < 4.78 is 0. The summed E-state index contributed by atoms with van der Waals surface area (Å²) in [4.78, 5) is 24.1. The fourth-order valence-corrected chi connectivity index (χ4v) is 2.10. The van der Waals surface area contributed by atoms with Gasteiger partial charge in [0.15, 0.2) is 0 Å². The van der Waals surface area contributed by atoms with E-state index in [-0.39, 0.29) is 29.2 Å². The summed E-state index contributed by atoms with van der Waals surface area (Å²) in [6, 6.07) is 4.17. The van der Waals surface area contributed by atoms with Crippen LogP contribution in [-0.2, 0) is 4.79 Å². The molecule has 0 aliphatic heterocycles. The maximum absolute atomic E-state index is 12.0. The maximum atomic E-state index is 12.0. The summed E-state index contributed by atoms with van der Waals surface area (Å²) in [6.07, 6.45) is -0.549. The van der Waals surface area contributed by atoms with Crippen molar-refractivity contribution in [2.75, 3.05) is 18.4 Å². The van der Waals surface area contributed by atoms with Crippen molar-refractivity contribution in [2.45, 2.75) is 32.9 Å². The van der Waals surface area contributed by atoms with Crippen LogP contribution in [0.5, 0.6) is 0 Å². The minimum Gasteiger partial charge on any atom is -0.392 e. The van der Waals surface area contributed by atoms with E-state index in [2.05, 4.69) is 5.32 Å². The Morgan fingerprint density at radius 2 is 2.09 bits per heavy atom. The van der Waals surface area contributed by atoms with Gasteiger partial charge in [-0.2, -0.15) is 0 Å². The Labute approximate surface area is 134 Å². The average Bonchev–Trinajstić information content (AvgIpc) is 2.39. The van der Waals surface area contributed by atoms with Gasteiger partial charge in [-0.05, 0) is 32.9 Å². The predicted molar refractivity (Wildman–Crippen MR) is 85.1 cm³/mol. The van der Waals surface area contributed by atoms with Crippen molar-refractivity contribution in [3.63, 3.8) is 0 Å². The summed E-state index contributed by atoms with van der Waals surface area (Å²) in [6.45, 7) is 5.94. The molecule has 0 radical (unpaired) electrons. The first-order valence-corrected chi connectivity index (χ1v) is 7.24. The van der Waals surface area contributed by atoms with Gasteiger partial charge >= 0.3 is 0 Å². The molecular weight excluding hydrogens is 310 g/mol. The number of hydrogen-bond acceptors (Lipinski definition) is 5. The highest BCUT2D eigenvalue weighted by Gasteiger charge is 2.18. The highest BCUT2D eigenvalue weighted by Crippen LogP contribution is 2.27. The van der Waals surface area contributed by atoms with E-state index in [1.165, 1.54) is 18.2 Å². The molecule has 1 aromatic carbocycles. The van der Waals surface area contributed by atoms with Crippen molar-refractivity contribution in [3.05, 3.63) is 33.3 Å². The molecule has 0 aliphatic rings. The number of rotatable bonds is 7. The highest BCUT2D eigenvalue weighted by atomic mass is 35.5. The number of nitrogens with one attached hydrogen (secondary N) is 1. The Bertz CT molecular complexity index is 549. The van der Waals surface area contributed by atoms with E-state index < -0.39 is 11.0 Å². The van der Waals surface area contributed by atoms with Crippen LogP contribution in [0.15, 0.2) is 18.2 Å². The van der Waals surface area contributed by atoms with Crippen LogP contribution in [0, 0.1) is 10.1 Å². The second-order valence-corrected chi connectivity index (χ2v) is 5.75. The topological polar surface area (TPSA) is 95.7 Å². The Balaban J connectivity index is 2.76. The second-order valence-electron chi connectivity index (χ2n) is 5.34. The summed E-state index contributed by atoms with van der Waals surface area (Å²) >= 11 is 5.72. The Morgan fingerprint density at radius 1 is 1.45 bits per heavy atom. The molecule has 0 bridgehead atoms. The number of nitro benzene ring substituents is 1. The van der Waals surface area contributed by atoms with E-state index in [1.54, 1.807) is 6.92 Å². The predicted octanol–water partition coefficient (Wildman–Crippen LogP) is 2.28. The molecule has 1 unspecified atom stereocenters. The van der Waals surface area contributed by atoms with Crippen molar-refractivity contribution in [2.24, 2.45) is 0 Å². The van der Waals surface area contributed by atoms with Crippen molar-refractivity contribution >= 4 is 28.9 Å². The van der Waals surface area contributed by atoms with Crippen LogP contribution in [0.3, 0.4) is 0 Å². The lowest BCUT2D eigenvalue weighted by Gasteiger charge is -2.26. The molecular formula is C14H20ClN3O4. The third-order valence-corrected chi connectivity index (χ3v) is 3.32. The van der Waals surface area contributed by atoms with Crippen LogP contribution in [0.1, 0.15) is 20.8 Å². The van der Waals surface area contributed by atoms with Gasteiger partial charge in [-0.1, -0.05) is 11.6 Å². The van der Waals surface area contributed by atoms with Crippen LogP contribution in [0.25, 0.3) is 0 Å². The zero-order valence-corrected chi connectivity index (χ0v) is 13.5. The van der Waals surface area contributed by atoms with Crippen LogP contribution < -0.4 is 5.32 Å². The molecule has 2 N–H and O–H groups in total. The first kappa shape index (κ1) is 18.3. The van der Waals surface area contributed by atoms with E-state index >= 15 is 0 Å². The molecule has 8 heteroatoms. The summed E-state index contributed by atoms with van der Waals surface area (Å²) in [7, 11) is 0. The SMILES string of the molecule is CC(O)CN(CC(=O)Nc1ccc(Cl)c([N+](=O)[O-])c1)C(C)C. The number of carbonyl (C=O) groups excluding carboxylic acids is 1. The molecule has 22 heavy (non-hydrogen) atoms. The third kappa shape index (κ3) is 5.59. The quantitative estimate of drug-likeness (QED) is 0.591. The van der Waals surface area contributed by atoms with E-state index in [1.807, 2.05) is 18.7 Å². The van der Waals surface area contributed by atoms with Crippen LogP contribution in [0.2, 0.25) is 5.02 Å². The summed E-state index contributed by atoms with van der Waals surface area (Å²) in [5.74, 6) is -0.314. The van der Waals surface area contributed by atoms with E-state index in [4.69, 9.17) is 11.6 Å². The van der Waals surface area contributed by atoms with Gasteiger partial charge in [-0.3, -0.25) is 19.8 Å². The van der Waals surface area contributed by atoms with Gasteiger partial charge in [0.25, 0.3) is 5.69 Å². The number of anilines is 1. The molecule has 0 saturated heterocycles. The van der Waals surface area contributed by atoms with Gasteiger partial charge in [0.2, 0.25) is 5.91 Å². The van der Waals surface area contributed by atoms with Crippen LogP contribution >= 0.6 is 11.6 Å². The minimum absolute atomic E-state index is 0.0147. The molecule has 7 nitrogen and oxygen atoms in total. The number of aliphatic hydroxyl groups excluding tert-OH is 1. The van der Waals surface area contributed by atoms with Crippen LogP contribution in [0.4, 0.5) is 11.4 Å². The second kappa shape index (κ2) is 8.07. The number of aliphatic hydroxyl groups is 1. The van der Waals surface area contributed by atoms with Gasteiger partial charge in [-0.15, -0.1) is 0 Å². The standard InChI is InChI=1S/C14H20ClN3O4/c1-9(2)17(7-10(3)19)8-14(20)16-11-4-5-12(15)13(6-11)18(21)22/h4-6,9-10,19H,7-8H2,1-3H3,(H,16,20). The fraction of sp³-hybridized carbons (Fsp3) is 0.500. The molecule has 1 amide bonds. The summed E-state index contributed by atoms with van der Waals surface area (Å²) in [5, 5.41) is 22.9. The van der Waals surface area contributed by atoms with Gasteiger partial charge in [0, 0.05) is 24.3 Å². The van der Waals surface area contributed by atoms with Gasteiger partial charge in [0.05, 0.1) is 17.6 Å². The number of hydrogen-bond donors (Lipinski definition) is 2. The van der Waals surface area contributed by atoms with Crippen molar-refractivity contribution in [1.29, 1.82) is 0 Å². The highest BCUT2D eigenvalue weighted by molar-refractivity contribution is 6.32. The normalized spacial score (nSPS) is 12.5. The number of carbonyl (C=O) groups is 1. The molecule has 0 aromatic heterocycles. The lowest BCUT2D eigenvalue weighted by atomic mass is 10.2. The number of amides is 1. The first-order chi connectivity index (χ1) is 10.2. The number of benzene rings is 1. The van der Waals surface area contributed by atoms with E-state index in [0.717, 1.165) is 0 Å². The number of nitro groups is 1. The average molecular weight is 330 g/mol. The third-order valence-electron chi connectivity index (χ3n) is 3.00. The van der Waals surface area contributed by atoms with Crippen molar-refractivity contribution in [1.82, 2.24) is 4.90 Å². The Morgan fingerprint density at radius 3 is 2.59 bits per heavy atom. The van der Waals surface area contributed by atoms with E-state index in [0.29, 0.717) is 12.2 Å². The van der Waals surface area contributed by atoms with Gasteiger partial charge in [0.1, 0.15) is 5.02 Å². The Kier molecular flexibility index (Phi) is 6.73. The molecule has 0 aliphatic carbocycles. The molecule has 0 saturated carbocycles. The molecule has 1 aromatic rings. The van der Waals surface area contributed by atoms with Gasteiger partial charge < -0.3 is 10.4 Å². The van der Waals surface area contributed by atoms with Crippen molar-refractivity contribution < 1.29 is 14.8 Å². The number of halogens is 1. The minimum atomic E-state index is -0.605. The van der Waals surface area contributed by atoms with Crippen LogP contribution in [-0.4, -0.2) is 46.1 Å². The molecule has 122 valence electrons. The monoisotopic (exact) mass is 329 g/mol. The Hall–Kier alpha value is -1.70. The summed E-state index contributed by atoms with van der Waals surface area (Å²) in [5.41, 5.74) is 0.0472. The molecule has 0 heterocycles. The molecule has 1 rings (SSSR count). The first-order valence-electron chi connectivity index (χ1n) is 6.86. The lowest BCUT2D eigenvalue weighted by Crippen LogP contribution is -2.41. The van der Waals surface area contributed by atoms with Gasteiger partial charge in [-0.25, -0.2) is 0 Å². The zero-order valence-electron chi connectivity index (χ0n) is 12.7. The zero-order chi connectivity index (χ0) is 16.9. The molecule has 0 spiro atoms. The van der Waals surface area contributed by atoms with Crippen molar-refractivity contribution in [3.8, 4) is 0 Å². The molecule has 0 fully saturated rings. The largest absolute Gasteiger partial charge is 0.392 e. The fourth-order valence-electron chi connectivity index (χ4n) is 1.91. The lowest BCUT2D eigenvalue weighted by molar-refractivity contribution is -0.384. The molecule has 1 atom stereocenters. The maximum Gasteiger partial charge on any atom is 0.289 e. The van der Waals surface area contributed by atoms with E-state index in [9.17, 15) is 20.0 Å².